The van der Waals surface area contributed by atoms with E-state index in [0.29, 0.717) is 22.9 Å². The van der Waals surface area contributed by atoms with Crippen molar-refractivity contribution in [1.29, 1.82) is 5.26 Å². The number of hydrogen-bond acceptors (Lipinski definition) is 3. The average molecular weight is 431 g/mol. The highest BCUT2D eigenvalue weighted by molar-refractivity contribution is 6.30. The maximum atomic E-state index is 9.19. The van der Waals surface area contributed by atoms with Crippen LogP contribution in [-0.4, -0.2) is 16.4 Å². The van der Waals surface area contributed by atoms with Crippen LogP contribution in [0.4, 0.5) is 0 Å². The van der Waals surface area contributed by atoms with Gasteiger partial charge in [-0.15, -0.1) is 0 Å². The number of nitriles is 1. The molecule has 0 bridgehead atoms. The van der Waals surface area contributed by atoms with E-state index in [9.17, 15) is 5.26 Å². The van der Waals surface area contributed by atoms with Crippen LogP contribution >= 0.6 is 11.6 Å². The number of unbranched alkanes of at least 4 members (excludes halogenated alkanes) is 3. The highest BCUT2D eigenvalue weighted by Gasteiger charge is 2.12. The van der Waals surface area contributed by atoms with E-state index in [1.165, 1.54) is 19.3 Å². The number of nitrogens with zero attached hydrogens (tertiary/aromatic N) is 4. The molecule has 1 aromatic heterocycles. The summed E-state index contributed by atoms with van der Waals surface area (Å²) in [6.07, 6.45) is 8.01. The topological polar surface area (TPSA) is 55.2 Å². The molecule has 0 aliphatic heterocycles. The van der Waals surface area contributed by atoms with Gasteiger partial charge in [-0.2, -0.15) is 5.10 Å². The summed E-state index contributed by atoms with van der Waals surface area (Å²) in [5.74, 6) is 0.813. The zero-order chi connectivity index (χ0) is 22.1. The quantitative estimate of drug-likeness (QED) is 0.210. The summed E-state index contributed by atoms with van der Waals surface area (Å²) in [5.41, 5.74) is 3.08. The van der Waals surface area contributed by atoms with E-state index in [-0.39, 0.29) is 5.70 Å². The Balaban J connectivity index is 1.88. The molecule has 0 fully saturated rings. The average Bonchev–Trinajstić information content (AvgIpc) is 3.22. The standard InChI is InChI=1S/C25H23ClN4O/c1-3-4-5-6-15-31-24-13-7-19(8-14-24)25-20(16-22(17-27)28-2)18-30(29-25)23-11-9-21(26)10-12-23/h7-14,16,18H,3-6,15H2,1H3/b22-16+. The molecule has 0 aliphatic carbocycles. The summed E-state index contributed by atoms with van der Waals surface area (Å²) in [4.78, 5) is 3.27. The van der Waals surface area contributed by atoms with Crippen molar-refractivity contribution in [3.63, 3.8) is 0 Å². The predicted octanol–water partition coefficient (Wildman–Crippen LogP) is 6.94. The third-order valence-electron chi connectivity index (χ3n) is 4.76. The fourth-order valence-corrected chi connectivity index (χ4v) is 3.23. The van der Waals surface area contributed by atoms with Crippen LogP contribution < -0.4 is 4.74 Å². The van der Waals surface area contributed by atoms with Gasteiger partial charge in [0.2, 0.25) is 0 Å². The van der Waals surface area contributed by atoms with Crippen LogP contribution in [-0.2, 0) is 0 Å². The molecule has 0 spiro atoms. The van der Waals surface area contributed by atoms with Gasteiger partial charge in [0.25, 0.3) is 5.70 Å². The van der Waals surface area contributed by atoms with Crippen LogP contribution in [0.2, 0.25) is 5.02 Å². The number of hydrogen-bond donors (Lipinski definition) is 0. The summed E-state index contributed by atoms with van der Waals surface area (Å²) in [6, 6.07) is 16.9. The Labute approximate surface area is 188 Å². The number of benzene rings is 2. The Morgan fingerprint density at radius 2 is 1.90 bits per heavy atom. The number of aromatic nitrogens is 2. The lowest BCUT2D eigenvalue weighted by Gasteiger charge is -2.07. The van der Waals surface area contributed by atoms with Gasteiger partial charge >= 0.3 is 0 Å². The van der Waals surface area contributed by atoms with Gasteiger partial charge in [0.15, 0.2) is 0 Å². The summed E-state index contributed by atoms with van der Waals surface area (Å²) in [7, 11) is 0. The number of ether oxygens (including phenoxy) is 1. The number of allylic oxidation sites excluding steroid dienone is 1. The third kappa shape index (κ3) is 5.98. The molecule has 0 unspecified atom stereocenters. The van der Waals surface area contributed by atoms with Crippen LogP contribution in [0.25, 0.3) is 27.9 Å². The largest absolute Gasteiger partial charge is 0.494 e. The van der Waals surface area contributed by atoms with Crippen molar-refractivity contribution in [1.82, 2.24) is 9.78 Å². The maximum Gasteiger partial charge on any atom is 0.262 e. The van der Waals surface area contributed by atoms with Crippen molar-refractivity contribution in [2.24, 2.45) is 0 Å². The predicted molar refractivity (Wildman–Crippen MR) is 124 cm³/mol. The molecule has 3 aromatic rings. The molecule has 0 radical (unpaired) electrons. The zero-order valence-electron chi connectivity index (χ0n) is 17.4. The van der Waals surface area contributed by atoms with Crippen LogP contribution in [0.5, 0.6) is 5.75 Å². The minimum Gasteiger partial charge on any atom is -0.494 e. The minimum absolute atomic E-state index is 0.00365. The maximum absolute atomic E-state index is 9.19. The second-order valence-corrected chi connectivity index (χ2v) is 7.48. The highest BCUT2D eigenvalue weighted by atomic mass is 35.5. The first-order valence-corrected chi connectivity index (χ1v) is 10.6. The van der Waals surface area contributed by atoms with E-state index in [2.05, 4.69) is 11.8 Å². The van der Waals surface area contributed by atoms with E-state index >= 15 is 0 Å². The van der Waals surface area contributed by atoms with Gasteiger partial charge in [-0.3, -0.25) is 0 Å². The molecule has 0 saturated carbocycles. The Morgan fingerprint density at radius 3 is 2.55 bits per heavy atom. The summed E-state index contributed by atoms with van der Waals surface area (Å²) in [6.45, 7) is 10.1. The van der Waals surface area contributed by atoms with Gasteiger partial charge in [0.05, 0.1) is 30.6 Å². The molecule has 5 nitrogen and oxygen atoms in total. The number of halogens is 1. The molecular formula is C25H23ClN4O. The molecule has 0 atom stereocenters. The summed E-state index contributed by atoms with van der Waals surface area (Å²) >= 11 is 5.99. The monoisotopic (exact) mass is 430 g/mol. The molecule has 1 heterocycles. The molecule has 31 heavy (non-hydrogen) atoms. The third-order valence-corrected chi connectivity index (χ3v) is 5.01. The van der Waals surface area contributed by atoms with Crippen molar-refractivity contribution in [3.8, 4) is 28.8 Å². The molecular weight excluding hydrogens is 408 g/mol. The fourth-order valence-electron chi connectivity index (χ4n) is 3.11. The van der Waals surface area contributed by atoms with Gasteiger partial charge in [0.1, 0.15) is 5.75 Å². The number of rotatable bonds is 9. The van der Waals surface area contributed by atoms with Gasteiger partial charge in [-0.25, -0.2) is 14.8 Å². The lowest BCUT2D eigenvalue weighted by molar-refractivity contribution is 0.305. The van der Waals surface area contributed by atoms with E-state index in [1.807, 2.05) is 42.5 Å². The highest BCUT2D eigenvalue weighted by Crippen LogP contribution is 2.28. The van der Waals surface area contributed by atoms with Crippen molar-refractivity contribution in [3.05, 3.63) is 82.4 Å². The van der Waals surface area contributed by atoms with Crippen molar-refractivity contribution >= 4 is 17.7 Å². The fraction of sp³-hybridized carbons (Fsp3) is 0.240. The molecule has 0 saturated heterocycles. The van der Waals surface area contributed by atoms with Gasteiger partial charge in [-0.05, 0) is 61.0 Å². The van der Waals surface area contributed by atoms with E-state index in [0.717, 1.165) is 23.4 Å². The minimum atomic E-state index is 0.00365. The zero-order valence-corrected chi connectivity index (χ0v) is 18.1. The van der Waals surface area contributed by atoms with E-state index in [4.69, 9.17) is 28.0 Å². The van der Waals surface area contributed by atoms with E-state index < -0.39 is 0 Å². The molecule has 0 aliphatic rings. The Hall–Kier alpha value is -3.54. The first kappa shape index (κ1) is 22.2. The van der Waals surface area contributed by atoms with Crippen LogP contribution in [0.1, 0.15) is 38.2 Å². The van der Waals surface area contributed by atoms with Crippen LogP contribution in [0, 0.1) is 17.9 Å². The Bertz CT molecular complexity index is 1100. The SMILES string of the molecule is [C-]#[N+]/C(C#N)=C/c1cn(-c2ccc(Cl)cc2)nc1-c1ccc(OCCCCCC)cc1. The van der Waals surface area contributed by atoms with Crippen LogP contribution in [0.15, 0.2) is 60.4 Å². The lowest BCUT2D eigenvalue weighted by Crippen LogP contribution is -1.97. The second kappa shape index (κ2) is 11.0. The van der Waals surface area contributed by atoms with Gasteiger partial charge in [0, 0.05) is 22.3 Å². The van der Waals surface area contributed by atoms with Crippen molar-refractivity contribution in [2.75, 3.05) is 6.61 Å². The second-order valence-electron chi connectivity index (χ2n) is 7.04. The molecule has 0 amide bonds. The van der Waals surface area contributed by atoms with Gasteiger partial charge in [-0.1, -0.05) is 37.8 Å². The smallest absolute Gasteiger partial charge is 0.262 e. The Morgan fingerprint density at radius 1 is 1.16 bits per heavy atom. The van der Waals surface area contributed by atoms with Crippen molar-refractivity contribution < 1.29 is 4.74 Å². The normalized spacial score (nSPS) is 11.0. The van der Waals surface area contributed by atoms with Gasteiger partial charge < -0.3 is 4.74 Å². The van der Waals surface area contributed by atoms with E-state index in [1.54, 1.807) is 29.1 Å². The lowest BCUT2D eigenvalue weighted by atomic mass is 10.1. The summed E-state index contributed by atoms with van der Waals surface area (Å²) in [5, 5.41) is 14.5. The summed E-state index contributed by atoms with van der Waals surface area (Å²) < 4.78 is 7.54. The van der Waals surface area contributed by atoms with Crippen LogP contribution in [0.3, 0.4) is 0 Å². The molecule has 156 valence electrons. The van der Waals surface area contributed by atoms with Crippen molar-refractivity contribution in [2.45, 2.75) is 32.6 Å². The molecule has 3 rings (SSSR count). The first-order chi connectivity index (χ1) is 15.1. The molecule has 6 heteroatoms. The first-order valence-electron chi connectivity index (χ1n) is 10.2. The Kier molecular flexibility index (Phi) is 7.87. The molecule has 0 N–H and O–H groups in total. The molecule has 2 aromatic carbocycles.